The molecular weight excluding hydrogens is 674 g/mol. The molecule has 1 aromatic heterocycles. The molecule has 0 unspecified atom stereocenters. The summed E-state index contributed by atoms with van der Waals surface area (Å²) in [6.07, 6.45) is 2.81. The van der Waals surface area contributed by atoms with Crippen LogP contribution in [0.2, 0.25) is 0 Å². The molecule has 0 spiro atoms. The maximum atomic E-state index is 12.3. The van der Waals surface area contributed by atoms with Gasteiger partial charge < -0.3 is 48.2 Å². The Labute approximate surface area is 305 Å². The van der Waals surface area contributed by atoms with Crippen molar-refractivity contribution in [3.8, 4) is 0 Å². The number of nitrogens with zero attached hydrogens (tertiary/aromatic N) is 1. The van der Waals surface area contributed by atoms with Gasteiger partial charge in [-0.2, -0.15) is 0 Å². The molecular formula is C38H55N3O11. The summed E-state index contributed by atoms with van der Waals surface area (Å²) in [6, 6.07) is 15.5. The van der Waals surface area contributed by atoms with E-state index in [2.05, 4.69) is 46.5 Å². The van der Waals surface area contributed by atoms with Crippen molar-refractivity contribution in [1.82, 2.24) is 15.3 Å². The van der Waals surface area contributed by atoms with E-state index >= 15 is 0 Å². The largest absolute Gasteiger partial charge is 0.379 e. The van der Waals surface area contributed by atoms with Crippen LogP contribution in [-0.4, -0.2) is 134 Å². The number of carbonyl (C=O) groups excluding carboxylic acids is 2. The van der Waals surface area contributed by atoms with Crippen LogP contribution in [0.15, 0.2) is 53.3 Å². The topological polar surface area (TPSA) is 166 Å². The monoisotopic (exact) mass is 729 g/mol. The molecule has 1 heterocycles. The van der Waals surface area contributed by atoms with Gasteiger partial charge in [-0.1, -0.05) is 42.0 Å². The highest BCUT2D eigenvalue weighted by Gasteiger charge is 2.13. The fourth-order valence-corrected chi connectivity index (χ4v) is 4.70. The number of aryl methyl sites for hydroxylation is 2. The fourth-order valence-electron chi connectivity index (χ4n) is 4.70. The highest BCUT2D eigenvalue weighted by Crippen LogP contribution is 2.08. The van der Waals surface area contributed by atoms with Crippen LogP contribution >= 0.6 is 0 Å². The van der Waals surface area contributed by atoms with Crippen LogP contribution in [-0.2, 0) is 49.1 Å². The fraction of sp³-hybridized carbons (Fsp3) is 0.579. The van der Waals surface area contributed by atoms with Gasteiger partial charge in [-0.05, 0) is 37.5 Å². The number of rotatable bonds is 32. The van der Waals surface area contributed by atoms with E-state index in [9.17, 15) is 14.4 Å². The average Bonchev–Trinajstić information content (AvgIpc) is 3.15. The maximum absolute atomic E-state index is 12.3. The number of ether oxygens (including phenoxy) is 8. The second-order valence-electron chi connectivity index (χ2n) is 11.7. The number of ketones is 1. The number of aromatic nitrogens is 2. The van der Waals surface area contributed by atoms with Crippen molar-refractivity contribution in [2.45, 2.75) is 32.6 Å². The quantitative estimate of drug-likeness (QED) is 0.0904. The normalized spacial score (nSPS) is 11.3. The molecule has 3 aromatic rings. The zero-order valence-electron chi connectivity index (χ0n) is 30.4. The SMILES string of the molecule is Cc1ccc(CCCC(=O)CCOCCOCCOCCOCCOCCOCCOCCOCCNC(=O)c2nc3ccccc3[nH]c2=O)cc1. The zero-order valence-corrected chi connectivity index (χ0v) is 30.4. The van der Waals surface area contributed by atoms with Crippen molar-refractivity contribution in [2.75, 3.05) is 112 Å². The number of fused-ring (bicyclic) bond motifs is 1. The first-order valence-corrected chi connectivity index (χ1v) is 18.0. The molecule has 2 N–H and O–H groups in total. The first-order valence-electron chi connectivity index (χ1n) is 18.0. The van der Waals surface area contributed by atoms with Crippen LogP contribution in [0.1, 0.15) is 40.9 Å². The Morgan fingerprint density at radius 1 is 0.615 bits per heavy atom. The van der Waals surface area contributed by atoms with Crippen molar-refractivity contribution in [2.24, 2.45) is 0 Å². The Morgan fingerprint density at radius 3 is 1.63 bits per heavy atom. The van der Waals surface area contributed by atoms with Crippen molar-refractivity contribution in [3.05, 3.63) is 75.7 Å². The third-order valence-corrected chi connectivity index (χ3v) is 7.52. The van der Waals surface area contributed by atoms with Crippen molar-refractivity contribution in [3.63, 3.8) is 0 Å². The van der Waals surface area contributed by atoms with Crippen LogP contribution in [0.25, 0.3) is 11.0 Å². The third kappa shape index (κ3) is 19.9. The first kappa shape index (κ1) is 42.8. The number of benzene rings is 2. The summed E-state index contributed by atoms with van der Waals surface area (Å²) >= 11 is 0. The number of aromatic amines is 1. The lowest BCUT2D eigenvalue weighted by Gasteiger charge is -2.09. The summed E-state index contributed by atoms with van der Waals surface area (Å²) in [7, 11) is 0. The van der Waals surface area contributed by atoms with Crippen LogP contribution in [0, 0.1) is 6.92 Å². The molecule has 1 amide bonds. The second-order valence-corrected chi connectivity index (χ2v) is 11.7. The van der Waals surface area contributed by atoms with Crippen molar-refractivity contribution >= 4 is 22.7 Å². The van der Waals surface area contributed by atoms with Gasteiger partial charge in [0.05, 0.1) is 117 Å². The van der Waals surface area contributed by atoms with Crippen LogP contribution in [0.3, 0.4) is 0 Å². The van der Waals surface area contributed by atoms with Gasteiger partial charge in [0.15, 0.2) is 5.69 Å². The Balaban J connectivity index is 0.957. The number of hydrogen-bond donors (Lipinski definition) is 2. The first-order chi connectivity index (χ1) is 25.5. The minimum atomic E-state index is -0.551. The molecule has 0 aliphatic rings. The number of amides is 1. The van der Waals surface area contributed by atoms with E-state index in [1.54, 1.807) is 24.3 Å². The van der Waals surface area contributed by atoms with Crippen molar-refractivity contribution in [1.29, 1.82) is 0 Å². The second kappa shape index (κ2) is 28.0. The molecule has 2 aromatic carbocycles. The summed E-state index contributed by atoms with van der Waals surface area (Å²) in [5.41, 5.74) is 2.92. The van der Waals surface area contributed by atoms with Crippen molar-refractivity contribution < 1.29 is 47.5 Å². The highest BCUT2D eigenvalue weighted by molar-refractivity contribution is 5.93. The summed E-state index contributed by atoms with van der Waals surface area (Å²) in [6.45, 7) is 9.31. The van der Waals surface area contributed by atoms with E-state index in [0.717, 1.165) is 12.8 Å². The molecule has 14 nitrogen and oxygen atoms in total. The van der Waals surface area contributed by atoms with E-state index in [4.69, 9.17) is 37.9 Å². The van der Waals surface area contributed by atoms with Gasteiger partial charge in [0.1, 0.15) is 5.78 Å². The van der Waals surface area contributed by atoms with Crippen LogP contribution in [0.5, 0.6) is 0 Å². The highest BCUT2D eigenvalue weighted by atomic mass is 16.6. The molecule has 0 atom stereocenters. The standard InChI is InChI=1S/C38H55N3O11/c1-31-9-11-32(12-10-31)5-4-6-33(42)13-15-45-17-19-47-21-23-49-25-27-51-29-30-52-28-26-50-24-22-48-20-18-46-16-14-39-37(43)36-38(44)41-35-8-3-2-7-34(35)40-36/h2-3,7-12H,4-6,13-30H2,1H3,(H,39,43)(H,41,44). The van der Waals surface area contributed by atoms with Gasteiger partial charge in [0.2, 0.25) is 0 Å². The number of Topliss-reactive ketones (excluding diaryl/α,β-unsaturated/α-hetero) is 1. The molecule has 14 heteroatoms. The summed E-state index contributed by atoms with van der Waals surface area (Å²) in [5, 5.41) is 2.63. The molecule has 0 aliphatic carbocycles. The predicted molar refractivity (Wildman–Crippen MR) is 195 cm³/mol. The van der Waals surface area contributed by atoms with Gasteiger partial charge in [-0.15, -0.1) is 0 Å². The third-order valence-electron chi connectivity index (χ3n) is 7.52. The Bertz CT molecular complexity index is 1450. The number of hydrogen-bond acceptors (Lipinski definition) is 12. The van der Waals surface area contributed by atoms with Crippen LogP contribution in [0.4, 0.5) is 0 Å². The average molecular weight is 730 g/mol. The molecule has 0 bridgehead atoms. The number of para-hydroxylation sites is 2. The molecule has 0 aliphatic heterocycles. The Kier molecular flexibility index (Phi) is 23.0. The van der Waals surface area contributed by atoms with Gasteiger partial charge in [-0.3, -0.25) is 14.4 Å². The van der Waals surface area contributed by atoms with E-state index in [1.807, 2.05) is 0 Å². The van der Waals surface area contributed by atoms with E-state index in [-0.39, 0.29) is 24.6 Å². The molecule has 0 fully saturated rings. The molecule has 3 rings (SSSR count). The smallest absolute Gasteiger partial charge is 0.280 e. The summed E-state index contributed by atoms with van der Waals surface area (Å²) in [5.74, 6) is -0.315. The van der Waals surface area contributed by atoms with Gasteiger partial charge >= 0.3 is 0 Å². The van der Waals surface area contributed by atoms with Gasteiger partial charge in [0, 0.05) is 19.4 Å². The summed E-state index contributed by atoms with van der Waals surface area (Å²) < 4.78 is 43.8. The predicted octanol–water partition coefficient (Wildman–Crippen LogP) is 3.08. The van der Waals surface area contributed by atoms with E-state index in [1.165, 1.54) is 11.1 Å². The molecule has 52 heavy (non-hydrogen) atoms. The number of carbonyl (C=O) groups is 2. The molecule has 0 saturated heterocycles. The molecule has 0 saturated carbocycles. The van der Waals surface area contributed by atoms with Gasteiger partial charge in [-0.25, -0.2) is 4.98 Å². The Morgan fingerprint density at radius 2 is 1.10 bits per heavy atom. The van der Waals surface area contributed by atoms with E-state index < -0.39 is 11.5 Å². The molecule has 0 radical (unpaired) electrons. The Hall–Kier alpha value is -3.60. The lowest BCUT2D eigenvalue weighted by atomic mass is 10.0. The van der Waals surface area contributed by atoms with Gasteiger partial charge in [0.25, 0.3) is 11.5 Å². The zero-order chi connectivity index (χ0) is 36.9. The minimum absolute atomic E-state index is 0.178. The minimum Gasteiger partial charge on any atom is -0.379 e. The number of H-pyrrole nitrogens is 1. The van der Waals surface area contributed by atoms with E-state index in [0.29, 0.717) is 123 Å². The van der Waals surface area contributed by atoms with Crippen LogP contribution < -0.4 is 10.9 Å². The summed E-state index contributed by atoms with van der Waals surface area (Å²) in [4.78, 5) is 43.2. The number of nitrogens with one attached hydrogen (secondary N) is 2. The lowest BCUT2D eigenvalue weighted by Crippen LogP contribution is -2.33. The molecule has 288 valence electrons. The maximum Gasteiger partial charge on any atom is 0.280 e. The lowest BCUT2D eigenvalue weighted by molar-refractivity contribution is -0.120.